The van der Waals surface area contributed by atoms with Gasteiger partial charge in [-0.1, -0.05) is 11.3 Å². The van der Waals surface area contributed by atoms with Crippen molar-refractivity contribution in [2.24, 2.45) is 4.99 Å². The number of hydrogen-bond donors (Lipinski definition) is 2. The fraction of sp³-hybridized carbons (Fsp3) is 0.350. The Morgan fingerprint density at radius 3 is 2.97 bits per heavy atom. The van der Waals surface area contributed by atoms with E-state index in [9.17, 15) is 9.59 Å². The first-order valence-corrected chi connectivity index (χ1v) is 10.9. The molecule has 2 unspecified atom stereocenters. The van der Waals surface area contributed by atoms with Crippen molar-refractivity contribution < 1.29 is 13.9 Å². The Morgan fingerprint density at radius 1 is 1.31 bits per heavy atom. The van der Waals surface area contributed by atoms with Crippen molar-refractivity contribution in [3.05, 3.63) is 46.0 Å². The number of aliphatic imine (C=N–C) groups is 1. The molecule has 0 aliphatic carbocycles. The number of hydrogen-bond acceptors (Lipinski definition) is 10. The molecule has 3 aromatic rings. The van der Waals surface area contributed by atoms with Crippen LogP contribution in [0.1, 0.15) is 9.80 Å². The summed E-state index contributed by atoms with van der Waals surface area (Å²) in [7, 11) is 1.53. The van der Waals surface area contributed by atoms with Gasteiger partial charge in [-0.2, -0.15) is 0 Å². The zero-order chi connectivity index (χ0) is 22.1. The van der Waals surface area contributed by atoms with E-state index in [1.807, 2.05) is 6.08 Å². The molecule has 1 fully saturated rings. The van der Waals surface area contributed by atoms with Crippen molar-refractivity contribution in [1.29, 1.82) is 0 Å². The molecule has 2 atom stereocenters. The topological polar surface area (TPSA) is 127 Å². The normalized spacial score (nSPS) is 21.2. The molecule has 32 heavy (non-hydrogen) atoms. The predicted octanol–water partition coefficient (Wildman–Crippen LogP) is 0.414. The number of amides is 1. The highest BCUT2D eigenvalue weighted by Gasteiger charge is 2.29. The average molecular weight is 456 g/mol. The first-order valence-electron chi connectivity index (χ1n) is 10.1. The maximum Gasteiger partial charge on any atom is 0.426 e. The molecule has 2 aliphatic rings. The summed E-state index contributed by atoms with van der Waals surface area (Å²) >= 11 is 1.01. The highest BCUT2D eigenvalue weighted by Crippen LogP contribution is 2.24. The third kappa shape index (κ3) is 3.83. The Balaban J connectivity index is 1.37. The van der Waals surface area contributed by atoms with Gasteiger partial charge in [0.15, 0.2) is 5.58 Å². The SMILES string of the molecule is COc1ccc2c(c1)oc(=O)n2-c1nnc(C(=O)NC2C=NC=CC2N2CCNCC2)s1. The third-order valence-electron chi connectivity index (χ3n) is 5.44. The molecular weight excluding hydrogens is 434 g/mol. The number of nitrogens with one attached hydrogen (secondary N) is 2. The molecule has 4 heterocycles. The van der Waals surface area contributed by atoms with E-state index in [2.05, 4.69) is 30.7 Å². The number of rotatable bonds is 5. The van der Waals surface area contributed by atoms with Crippen molar-refractivity contribution >= 4 is 34.6 Å². The number of nitrogens with zero attached hydrogens (tertiary/aromatic N) is 5. The Bertz CT molecular complexity index is 1250. The lowest BCUT2D eigenvalue weighted by Crippen LogP contribution is -2.57. The van der Waals surface area contributed by atoms with Crippen LogP contribution < -0.4 is 21.1 Å². The molecule has 1 amide bonds. The molecule has 2 aromatic heterocycles. The second-order valence-electron chi connectivity index (χ2n) is 7.34. The summed E-state index contributed by atoms with van der Waals surface area (Å²) in [6, 6.07) is 4.76. The quantitative estimate of drug-likeness (QED) is 0.567. The monoisotopic (exact) mass is 455 g/mol. The fourth-order valence-electron chi connectivity index (χ4n) is 3.86. The van der Waals surface area contributed by atoms with Crippen LogP contribution in [0.5, 0.6) is 5.75 Å². The number of methoxy groups -OCH3 is 1. The summed E-state index contributed by atoms with van der Waals surface area (Å²) < 4.78 is 11.8. The van der Waals surface area contributed by atoms with Gasteiger partial charge in [-0.25, -0.2) is 9.36 Å². The van der Waals surface area contributed by atoms with Crippen molar-refractivity contribution in [3.63, 3.8) is 0 Å². The molecule has 0 radical (unpaired) electrons. The van der Waals surface area contributed by atoms with Crippen LogP contribution in [0.3, 0.4) is 0 Å². The highest BCUT2D eigenvalue weighted by molar-refractivity contribution is 7.15. The summed E-state index contributed by atoms with van der Waals surface area (Å²) in [6.45, 7) is 3.58. The van der Waals surface area contributed by atoms with E-state index in [1.165, 1.54) is 11.7 Å². The minimum atomic E-state index is -0.611. The first-order chi connectivity index (χ1) is 15.6. The van der Waals surface area contributed by atoms with Gasteiger partial charge in [-0.05, 0) is 18.2 Å². The minimum Gasteiger partial charge on any atom is -0.497 e. The molecule has 166 valence electrons. The van der Waals surface area contributed by atoms with Crippen LogP contribution in [0.4, 0.5) is 0 Å². The van der Waals surface area contributed by atoms with Gasteiger partial charge < -0.3 is 19.8 Å². The summed E-state index contributed by atoms with van der Waals surface area (Å²) in [5.41, 5.74) is 0.877. The minimum absolute atomic E-state index is 0.0151. The van der Waals surface area contributed by atoms with Crippen LogP contribution in [0.2, 0.25) is 0 Å². The standard InChI is InChI=1S/C20H21N7O4S/c1-30-12-2-3-15-16(10-12)31-20(29)27(15)19-25-24-18(32-19)17(28)23-13-11-22-5-4-14(13)26-8-6-21-7-9-26/h2-5,10-11,13-14,21H,6-9H2,1H3,(H,23,28). The van der Waals surface area contributed by atoms with Gasteiger partial charge in [-0.3, -0.25) is 14.7 Å². The van der Waals surface area contributed by atoms with Gasteiger partial charge in [0, 0.05) is 44.7 Å². The smallest absolute Gasteiger partial charge is 0.426 e. The van der Waals surface area contributed by atoms with E-state index >= 15 is 0 Å². The third-order valence-corrected chi connectivity index (χ3v) is 6.35. The molecule has 0 saturated carbocycles. The van der Waals surface area contributed by atoms with Gasteiger partial charge in [0.1, 0.15) is 5.75 Å². The molecule has 2 N–H and O–H groups in total. The van der Waals surface area contributed by atoms with Gasteiger partial charge in [0.2, 0.25) is 10.1 Å². The fourth-order valence-corrected chi connectivity index (χ4v) is 4.61. The molecule has 0 bridgehead atoms. The lowest BCUT2D eigenvalue weighted by Gasteiger charge is -2.37. The Hall–Kier alpha value is -3.35. The number of benzene rings is 1. The van der Waals surface area contributed by atoms with E-state index < -0.39 is 5.76 Å². The van der Waals surface area contributed by atoms with E-state index in [0.717, 1.165) is 37.5 Å². The lowest BCUT2D eigenvalue weighted by molar-refractivity contribution is 0.0923. The maximum atomic E-state index is 12.9. The van der Waals surface area contributed by atoms with Crippen molar-refractivity contribution in [2.75, 3.05) is 33.3 Å². The van der Waals surface area contributed by atoms with E-state index in [1.54, 1.807) is 30.6 Å². The predicted molar refractivity (Wildman–Crippen MR) is 119 cm³/mol. The molecule has 2 aliphatic heterocycles. The zero-order valence-corrected chi connectivity index (χ0v) is 18.0. The highest BCUT2D eigenvalue weighted by atomic mass is 32.1. The summed E-state index contributed by atoms with van der Waals surface area (Å²) in [6.07, 6.45) is 5.48. The molecule has 12 heteroatoms. The van der Waals surface area contributed by atoms with Crippen molar-refractivity contribution in [3.8, 4) is 10.9 Å². The average Bonchev–Trinajstić information content (AvgIpc) is 3.43. The van der Waals surface area contributed by atoms with Gasteiger partial charge in [0.05, 0.1) is 24.7 Å². The zero-order valence-electron chi connectivity index (χ0n) is 17.2. The molecule has 11 nitrogen and oxygen atoms in total. The number of oxazole rings is 1. The van der Waals surface area contributed by atoms with E-state index in [-0.39, 0.29) is 28.1 Å². The Labute approximate surface area is 186 Å². The number of piperazine rings is 1. The number of carbonyl (C=O) groups excluding carboxylic acids is 1. The second kappa shape index (κ2) is 8.65. The molecule has 0 spiro atoms. The Morgan fingerprint density at radius 2 is 2.16 bits per heavy atom. The van der Waals surface area contributed by atoms with Crippen LogP contribution in [0.15, 0.2) is 44.7 Å². The van der Waals surface area contributed by atoms with Crippen LogP contribution in [-0.4, -0.2) is 77.2 Å². The van der Waals surface area contributed by atoms with Gasteiger partial charge in [0.25, 0.3) is 5.91 Å². The number of aromatic nitrogens is 3. The number of carbonyl (C=O) groups is 1. The number of fused-ring (bicyclic) bond motifs is 1. The van der Waals surface area contributed by atoms with Crippen LogP contribution in [-0.2, 0) is 0 Å². The molecular formula is C20H21N7O4S. The van der Waals surface area contributed by atoms with Gasteiger partial charge in [-0.15, -0.1) is 10.2 Å². The van der Waals surface area contributed by atoms with Gasteiger partial charge >= 0.3 is 5.76 Å². The van der Waals surface area contributed by atoms with Crippen molar-refractivity contribution in [1.82, 2.24) is 30.3 Å². The largest absolute Gasteiger partial charge is 0.497 e. The summed E-state index contributed by atoms with van der Waals surface area (Å²) in [5.74, 6) is -0.416. The molecule has 1 aromatic carbocycles. The van der Waals surface area contributed by atoms with Crippen LogP contribution in [0.25, 0.3) is 16.2 Å². The second-order valence-corrected chi connectivity index (χ2v) is 8.30. The number of ether oxygens (including phenoxy) is 1. The van der Waals surface area contributed by atoms with Crippen LogP contribution >= 0.6 is 11.3 Å². The molecule has 5 rings (SSSR count). The van der Waals surface area contributed by atoms with E-state index in [0.29, 0.717) is 16.8 Å². The lowest BCUT2D eigenvalue weighted by atomic mass is 10.0. The maximum absolute atomic E-state index is 12.9. The first kappa shape index (κ1) is 20.5. The Kier molecular flexibility index (Phi) is 5.55. The summed E-state index contributed by atoms with van der Waals surface area (Å²) in [5, 5.41) is 14.8. The van der Waals surface area contributed by atoms with Crippen LogP contribution in [0, 0.1) is 0 Å². The molecule has 1 saturated heterocycles. The summed E-state index contributed by atoms with van der Waals surface area (Å²) in [4.78, 5) is 31.8. The van der Waals surface area contributed by atoms with E-state index in [4.69, 9.17) is 9.15 Å². The van der Waals surface area contributed by atoms with Crippen molar-refractivity contribution in [2.45, 2.75) is 12.1 Å².